The molecule has 88 valence electrons. The summed E-state index contributed by atoms with van der Waals surface area (Å²) in [4.78, 5) is 11.6. The van der Waals surface area contributed by atoms with Gasteiger partial charge in [-0.25, -0.2) is 0 Å². The first-order chi connectivity index (χ1) is 7.77. The van der Waals surface area contributed by atoms with Gasteiger partial charge in [-0.1, -0.05) is 16.8 Å². The zero-order valence-electron chi connectivity index (χ0n) is 9.90. The minimum Gasteiger partial charge on any atom is -0.367 e. The number of carbonyl (C=O) groups is 1. The summed E-state index contributed by atoms with van der Waals surface area (Å²) in [6.07, 6.45) is 7.11. The second-order valence-corrected chi connectivity index (χ2v) is 3.54. The topological polar surface area (TPSA) is 52.4 Å². The first-order valence-electron chi connectivity index (χ1n) is 5.69. The molecule has 0 aromatic heterocycles. The van der Waals surface area contributed by atoms with Crippen molar-refractivity contribution in [2.45, 2.75) is 32.8 Å². The monoisotopic (exact) mass is 223 g/mol. The van der Waals surface area contributed by atoms with E-state index in [4.69, 9.17) is 4.74 Å². The van der Waals surface area contributed by atoms with Gasteiger partial charge in [-0.05, 0) is 20.3 Å². The van der Waals surface area contributed by atoms with Gasteiger partial charge in [0.2, 0.25) is 0 Å². The van der Waals surface area contributed by atoms with Crippen molar-refractivity contribution in [1.29, 1.82) is 0 Å². The molecule has 0 saturated carbocycles. The fourth-order valence-corrected chi connectivity index (χ4v) is 1.48. The van der Waals surface area contributed by atoms with Crippen molar-refractivity contribution in [2.24, 2.45) is 0 Å². The first kappa shape index (κ1) is 12.7. The largest absolute Gasteiger partial charge is 0.367 e. The third-order valence-corrected chi connectivity index (χ3v) is 2.32. The van der Waals surface area contributed by atoms with Gasteiger partial charge in [0.05, 0.1) is 6.42 Å². The van der Waals surface area contributed by atoms with E-state index in [-0.39, 0.29) is 12.0 Å². The number of nitrogens with one attached hydrogen (secondary N) is 1. The summed E-state index contributed by atoms with van der Waals surface area (Å²) in [5, 5.41) is 2.78. The highest BCUT2D eigenvalue weighted by molar-refractivity contribution is 6.39. The van der Waals surface area contributed by atoms with E-state index in [1.165, 1.54) is 0 Å². The maximum atomic E-state index is 11.6. The lowest BCUT2D eigenvalue weighted by atomic mass is 10.1. The Labute approximate surface area is 96.1 Å². The molecule has 1 heterocycles. The second kappa shape index (κ2) is 6.99. The Hall–Kier alpha value is -1.38. The van der Waals surface area contributed by atoms with E-state index in [0.717, 1.165) is 6.42 Å². The molecule has 1 atom stereocenters. The molecule has 0 aromatic rings. The standard InChI is InChI=1S/C12H18N2O2/c1-3-5-8-13-12(15)11-7-6-10(9-14-11)16-4-2/h3,5,9-10H,4,6-8H2,1-2H3/p+1/b5-3+. The Balaban J connectivity index is 2.48. The van der Waals surface area contributed by atoms with Gasteiger partial charge in [0, 0.05) is 13.2 Å². The minimum atomic E-state index is -0.0794. The van der Waals surface area contributed by atoms with Crippen LogP contribution in [0.4, 0.5) is 0 Å². The lowest BCUT2D eigenvalue weighted by Gasteiger charge is -2.08. The van der Waals surface area contributed by atoms with Crippen LogP contribution in [0.15, 0.2) is 12.2 Å². The van der Waals surface area contributed by atoms with Gasteiger partial charge in [0.1, 0.15) is 0 Å². The average molecular weight is 223 g/mol. The molecule has 0 bridgehead atoms. The molecular weight excluding hydrogens is 204 g/mol. The van der Waals surface area contributed by atoms with Gasteiger partial charge < -0.3 is 10.1 Å². The third-order valence-electron chi connectivity index (χ3n) is 2.32. The van der Waals surface area contributed by atoms with Crippen LogP contribution in [0.1, 0.15) is 26.7 Å². The van der Waals surface area contributed by atoms with Crippen LogP contribution in [0, 0.1) is 0 Å². The predicted octanol–water partition coefficient (Wildman–Crippen LogP) is 0.457. The minimum absolute atomic E-state index is 0.0667. The molecule has 4 nitrogen and oxygen atoms in total. The van der Waals surface area contributed by atoms with Crippen LogP contribution in [0.2, 0.25) is 0 Å². The number of carbonyl (C=O) groups excluding carboxylic acids is 1. The summed E-state index contributed by atoms with van der Waals surface area (Å²) in [6, 6.07) is 0. The van der Waals surface area contributed by atoms with Gasteiger partial charge in [-0.3, -0.25) is 4.79 Å². The van der Waals surface area contributed by atoms with E-state index in [1.54, 1.807) is 6.21 Å². The highest BCUT2D eigenvalue weighted by atomic mass is 16.5. The number of hydrogen-bond donors (Lipinski definition) is 1. The third kappa shape index (κ3) is 4.01. The number of rotatable bonds is 5. The van der Waals surface area contributed by atoms with Crippen LogP contribution in [0.3, 0.4) is 0 Å². The highest BCUT2D eigenvalue weighted by Crippen LogP contribution is 2.03. The van der Waals surface area contributed by atoms with Crippen LogP contribution in [-0.4, -0.2) is 37.1 Å². The number of ether oxygens (including phenoxy) is 1. The molecule has 0 radical (unpaired) electrons. The highest BCUT2D eigenvalue weighted by Gasteiger charge is 2.27. The van der Waals surface area contributed by atoms with Gasteiger partial charge in [0.15, 0.2) is 6.10 Å². The SMILES string of the molecule is C/C=C/CNC(=O)C1=[N+]=CC(OCC)CC1. The Bertz CT molecular complexity index is 328. The molecule has 4 heteroatoms. The van der Waals surface area contributed by atoms with Crippen LogP contribution in [-0.2, 0) is 9.53 Å². The fraction of sp³-hybridized carbons (Fsp3) is 0.583. The Morgan fingerprint density at radius 1 is 1.75 bits per heavy atom. The average Bonchev–Trinajstić information content (AvgIpc) is 2.30. The van der Waals surface area contributed by atoms with E-state index < -0.39 is 0 Å². The van der Waals surface area contributed by atoms with Crippen LogP contribution in [0.25, 0.3) is 0 Å². The van der Waals surface area contributed by atoms with E-state index in [0.29, 0.717) is 25.3 Å². The molecular formula is C12H19N2O2+. The molecule has 1 aliphatic rings. The van der Waals surface area contributed by atoms with Crippen molar-refractivity contribution in [3.63, 3.8) is 0 Å². The summed E-state index contributed by atoms with van der Waals surface area (Å²) in [6.45, 7) is 5.12. The smallest absolute Gasteiger partial charge is 0.367 e. The van der Waals surface area contributed by atoms with E-state index in [1.807, 2.05) is 26.0 Å². The second-order valence-electron chi connectivity index (χ2n) is 3.54. The van der Waals surface area contributed by atoms with Crippen molar-refractivity contribution in [1.82, 2.24) is 9.98 Å². The van der Waals surface area contributed by atoms with Crippen LogP contribution in [0.5, 0.6) is 0 Å². The Morgan fingerprint density at radius 3 is 3.12 bits per heavy atom. The maximum absolute atomic E-state index is 11.6. The molecule has 0 spiro atoms. The number of amides is 1. The Kier molecular flexibility index (Phi) is 5.54. The van der Waals surface area contributed by atoms with Gasteiger partial charge in [0.25, 0.3) is 6.21 Å². The summed E-state index contributed by atoms with van der Waals surface area (Å²) >= 11 is 0. The number of allylic oxidation sites excluding steroid dienone is 1. The van der Waals surface area contributed by atoms with Crippen LogP contribution < -0.4 is 9.98 Å². The number of hydrogen-bond acceptors (Lipinski definition) is 2. The first-order valence-corrected chi connectivity index (χ1v) is 5.69. The van der Waals surface area contributed by atoms with E-state index >= 15 is 0 Å². The van der Waals surface area contributed by atoms with Crippen molar-refractivity contribution in [3.8, 4) is 0 Å². The fourth-order valence-electron chi connectivity index (χ4n) is 1.48. The molecule has 0 fully saturated rings. The summed E-state index contributed by atoms with van der Waals surface area (Å²) in [5.74, 6) is -0.0794. The molecule has 0 saturated heterocycles. The normalized spacial score (nSPS) is 19.9. The van der Waals surface area contributed by atoms with Crippen molar-refractivity contribution >= 4 is 17.8 Å². The quantitative estimate of drug-likeness (QED) is 0.543. The van der Waals surface area contributed by atoms with E-state index in [9.17, 15) is 4.79 Å². The van der Waals surface area contributed by atoms with Gasteiger partial charge >= 0.3 is 11.6 Å². The van der Waals surface area contributed by atoms with Gasteiger partial charge in [-0.15, -0.1) is 0 Å². The molecule has 0 aromatic carbocycles. The maximum Gasteiger partial charge on any atom is 0.367 e. The summed E-state index contributed by atoms with van der Waals surface area (Å²) in [7, 11) is 0. The number of nitrogens with zero attached hydrogens (tertiary/aromatic N) is 1. The zero-order chi connectivity index (χ0) is 11.8. The van der Waals surface area contributed by atoms with Crippen molar-refractivity contribution < 1.29 is 9.53 Å². The molecule has 1 amide bonds. The molecule has 1 N–H and O–H groups in total. The molecule has 1 aliphatic heterocycles. The van der Waals surface area contributed by atoms with Crippen molar-refractivity contribution in [2.75, 3.05) is 13.2 Å². The lowest BCUT2D eigenvalue weighted by Crippen LogP contribution is -2.36. The Morgan fingerprint density at radius 2 is 2.56 bits per heavy atom. The lowest BCUT2D eigenvalue weighted by molar-refractivity contribution is -0.114. The molecule has 1 rings (SSSR count). The molecule has 0 aliphatic carbocycles. The summed E-state index contributed by atoms with van der Waals surface area (Å²) in [5.41, 5.74) is 0.598. The van der Waals surface area contributed by atoms with Gasteiger partial charge in [-0.2, -0.15) is 0 Å². The summed E-state index contributed by atoms with van der Waals surface area (Å²) < 4.78 is 9.54. The molecule has 16 heavy (non-hydrogen) atoms. The zero-order valence-corrected chi connectivity index (χ0v) is 9.90. The molecule has 1 unspecified atom stereocenters. The van der Waals surface area contributed by atoms with Crippen molar-refractivity contribution in [3.05, 3.63) is 12.2 Å². The van der Waals surface area contributed by atoms with Crippen LogP contribution >= 0.6 is 0 Å². The van der Waals surface area contributed by atoms with E-state index in [2.05, 4.69) is 9.98 Å². The predicted molar refractivity (Wildman–Crippen MR) is 65.7 cm³/mol.